The molecule has 0 N–H and O–H groups in total. The van der Waals surface area contributed by atoms with Crippen molar-refractivity contribution in [3.8, 4) is 0 Å². The van der Waals surface area contributed by atoms with Crippen LogP contribution in [0.1, 0.15) is 24.4 Å². The average molecular weight is 236 g/mol. The molecule has 0 bridgehead atoms. The van der Waals surface area contributed by atoms with Gasteiger partial charge in [0.1, 0.15) is 5.69 Å². The summed E-state index contributed by atoms with van der Waals surface area (Å²) < 4.78 is 46.3. The Labute approximate surface area is 87.3 Å². The van der Waals surface area contributed by atoms with Gasteiger partial charge in [-0.1, -0.05) is 15.9 Å². The van der Waals surface area contributed by atoms with E-state index < -0.39 is 19.9 Å². The lowest BCUT2D eigenvalue weighted by molar-refractivity contribution is 0.0593. The molecule has 0 aliphatic rings. The highest BCUT2D eigenvalue weighted by Gasteiger charge is 2.07. The molecule has 0 aliphatic heterocycles. The molecule has 0 spiro atoms. The average Bonchev–Trinajstić information content (AvgIpc) is 2.12. The van der Waals surface area contributed by atoms with Gasteiger partial charge in [0.15, 0.2) is 0 Å². The molecule has 0 aromatic carbocycles. The molecule has 4 heteroatoms. The Bertz CT molecular complexity index is 470. The van der Waals surface area contributed by atoms with Crippen molar-refractivity contribution in [2.75, 3.05) is 7.04 Å². The van der Waals surface area contributed by atoms with E-state index in [4.69, 9.17) is 8.22 Å². The van der Waals surface area contributed by atoms with Crippen molar-refractivity contribution in [3.05, 3.63) is 28.0 Å². The lowest BCUT2D eigenvalue weighted by Crippen LogP contribution is -2.04. The minimum Gasteiger partial charge on any atom is -0.464 e. The molecule has 0 unspecified atom stereocenters. The first-order valence-electron chi connectivity index (χ1n) is 5.90. The lowest BCUT2D eigenvalue weighted by Gasteiger charge is -2.00. The Morgan fingerprint density at radius 2 is 2.58 bits per heavy atom. The first-order valence-corrected chi connectivity index (χ1v) is 3.70. The van der Waals surface area contributed by atoms with Crippen LogP contribution in [0.15, 0.2) is 16.6 Å². The maximum atomic E-state index is 11.4. The van der Waals surface area contributed by atoms with Gasteiger partial charge in [0.05, 0.1) is 11.2 Å². The third kappa shape index (κ3) is 2.04. The second kappa shape index (κ2) is 3.67. The molecule has 0 saturated heterocycles. The van der Waals surface area contributed by atoms with Crippen LogP contribution in [0.2, 0.25) is 0 Å². The summed E-state index contributed by atoms with van der Waals surface area (Å²) in [7, 11) is -2.90. The molecule has 1 heterocycles. The van der Waals surface area contributed by atoms with Crippen LogP contribution in [0.3, 0.4) is 0 Å². The van der Waals surface area contributed by atoms with Crippen molar-refractivity contribution in [2.45, 2.75) is 6.85 Å². The van der Waals surface area contributed by atoms with Crippen LogP contribution in [0.25, 0.3) is 0 Å². The fourth-order valence-corrected chi connectivity index (χ4v) is 1.09. The summed E-state index contributed by atoms with van der Waals surface area (Å²) in [4.78, 5) is 15.0. The van der Waals surface area contributed by atoms with Gasteiger partial charge < -0.3 is 4.74 Å². The molecular formula is C8H8BrNO2. The molecule has 0 amide bonds. The van der Waals surface area contributed by atoms with Crippen LogP contribution in [-0.4, -0.2) is 18.0 Å². The smallest absolute Gasteiger partial charge is 0.356 e. The highest BCUT2D eigenvalue weighted by Crippen LogP contribution is 2.12. The van der Waals surface area contributed by atoms with Crippen LogP contribution >= 0.6 is 15.9 Å². The van der Waals surface area contributed by atoms with Crippen LogP contribution in [-0.2, 0) is 4.74 Å². The standard InChI is InChI=1S/C8H8BrNO2/c1-5-3-6(9)4-7(10-5)8(11)12-2/h3-4H,1-2H3/i1D3,2D3. The highest BCUT2D eigenvalue weighted by molar-refractivity contribution is 9.10. The predicted molar refractivity (Wildman–Crippen MR) is 48.0 cm³/mol. The SMILES string of the molecule is [2H]C([2H])([2H])OC(=O)c1cc(Br)cc(C([2H])([2H])[2H])n1. The van der Waals surface area contributed by atoms with Gasteiger partial charge in [-0.3, -0.25) is 0 Å². The summed E-state index contributed by atoms with van der Waals surface area (Å²) in [6.07, 6.45) is 0. The van der Waals surface area contributed by atoms with E-state index in [1.165, 1.54) is 12.1 Å². The van der Waals surface area contributed by atoms with Gasteiger partial charge >= 0.3 is 5.97 Å². The second-order valence-corrected chi connectivity index (χ2v) is 2.86. The number of nitrogens with zero attached hydrogens (tertiary/aromatic N) is 1. The molecule has 12 heavy (non-hydrogen) atoms. The van der Waals surface area contributed by atoms with E-state index in [-0.39, 0.29) is 11.4 Å². The monoisotopic (exact) mass is 235 g/mol. The summed E-state index contributed by atoms with van der Waals surface area (Å²) in [6.45, 7) is -2.50. The summed E-state index contributed by atoms with van der Waals surface area (Å²) >= 11 is 3.02. The van der Waals surface area contributed by atoms with E-state index in [2.05, 4.69) is 25.7 Å². The Morgan fingerprint density at radius 1 is 1.75 bits per heavy atom. The fourth-order valence-electron chi connectivity index (χ4n) is 0.654. The molecule has 1 aromatic heterocycles. The predicted octanol–water partition coefficient (Wildman–Crippen LogP) is 1.94. The third-order valence-corrected chi connectivity index (χ3v) is 1.55. The highest BCUT2D eigenvalue weighted by atomic mass is 79.9. The summed E-state index contributed by atoms with van der Waals surface area (Å²) in [5, 5.41) is 0. The van der Waals surface area contributed by atoms with E-state index in [0.717, 1.165) is 0 Å². The van der Waals surface area contributed by atoms with Crippen molar-refractivity contribution in [2.24, 2.45) is 0 Å². The van der Waals surface area contributed by atoms with Gasteiger partial charge in [0, 0.05) is 14.3 Å². The van der Waals surface area contributed by atoms with Gasteiger partial charge in [0.25, 0.3) is 0 Å². The minimum atomic E-state index is -2.90. The molecule has 0 fully saturated rings. The number of rotatable bonds is 1. The summed E-state index contributed by atoms with van der Waals surface area (Å²) in [6, 6.07) is 2.41. The fraction of sp³-hybridized carbons (Fsp3) is 0.250. The number of halogens is 1. The number of pyridine rings is 1. The number of carbonyl (C=O) groups excluding carboxylic acids is 1. The topological polar surface area (TPSA) is 39.2 Å². The van der Waals surface area contributed by atoms with E-state index in [1.54, 1.807) is 0 Å². The van der Waals surface area contributed by atoms with E-state index >= 15 is 0 Å². The van der Waals surface area contributed by atoms with Crippen LogP contribution in [0, 0.1) is 6.85 Å². The lowest BCUT2D eigenvalue weighted by atomic mass is 10.3. The van der Waals surface area contributed by atoms with Crippen molar-refractivity contribution in [1.29, 1.82) is 0 Å². The Morgan fingerprint density at radius 3 is 3.25 bits per heavy atom. The summed E-state index contributed by atoms with van der Waals surface area (Å²) in [5.41, 5.74) is -0.707. The van der Waals surface area contributed by atoms with Crippen molar-refractivity contribution < 1.29 is 17.8 Å². The summed E-state index contributed by atoms with van der Waals surface area (Å²) in [5.74, 6) is -1.21. The number of carbonyl (C=O) groups is 1. The first-order chi connectivity index (χ1) is 7.99. The van der Waals surface area contributed by atoms with Gasteiger partial charge in [-0.15, -0.1) is 0 Å². The zero-order valence-electron chi connectivity index (χ0n) is 11.8. The second-order valence-electron chi connectivity index (χ2n) is 1.95. The molecule has 1 aromatic rings. The molecule has 0 radical (unpaired) electrons. The van der Waals surface area contributed by atoms with Crippen molar-refractivity contribution in [1.82, 2.24) is 4.98 Å². The molecule has 0 atom stereocenters. The molecule has 1 rings (SSSR count). The normalized spacial score (nSPS) is 19.1. The van der Waals surface area contributed by atoms with Crippen LogP contribution < -0.4 is 0 Å². The first kappa shape index (κ1) is 3.87. The molecule has 64 valence electrons. The number of aryl methyl sites for hydroxylation is 1. The Hall–Kier alpha value is -0.900. The quantitative estimate of drug-likeness (QED) is 0.699. The maximum Gasteiger partial charge on any atom is 0.356 e. The van der Waals surface area contributed by atoms with Crippen molar-refractivity contribution in [3.63, 3.8) is 0 Å². The number of methoxy groups -OCH3 is 1. The van der Waals surface area contributed by atoms with Crippen LogP contribution in [0.5, 0.6) is 0 Å². The van der Waals surface area contributed by atoms with Gasteiger partial charge in [-0.05, 0) is 19.0 Å². The number of hydrogen-bond donors (Lipinski definition) is 0. The third-order valence-electron chi connectivity index (χ3n) is 1.09. The van der Waals surface area contributed by atoms with Gasteiger partial charge in [0.2, 0.25) is 0 Å². The van der Waals surface area contributed by atoms with Gasteiger partial charge in [-0.25, -0.2) is 9.78 Å². The molecular weight excluding hydrogens is 222 g/mol. The Kier molecular flexibility index (Phi) is 1.18. The molecule has 0 aliphatic carbocycles. The van der Waals surface area contributed by atoms with E-state index in [0.29, 0.717) is 4.47 Å². The largest absolute Gasteiger partial charge is 0.464 e. The number of ether oxygens (including phenoxy) is 1. The van der Waals surface area contributed by atoms with E-state index in [9.17, 15) is 4.79 Å². The number of hydrogen-bond acceptors (Lipinski definition) is 3. The zero-order chi connectivity index (χ0) is 14.1. The van der Waals surface area contributed by atoms with Crippen molar-refractivity contribution >= 4 is 21.9 Å². The maximum absolute atomic E-state index is 11.4. The minimum absolute atomic E-state index is 0.293. The zero-order valence-corrected chi connectivity index (χ0v) is 7.38. The Balaban J connectivity index is 3.11. The van der Waals surface area contributed by atoms with Crippen LogP contribution in [0.4, 0.5) is 0 Å². The van der Waals surface area contributed by atoms with E-state index in [1.807, 2.05) is 0 Å². The molecule has 0 saturated carbocycles. The number of esters is 1. The molecule has 3 nitrogen and oxygen atoms in total. The number of aromatic nitrogens is 1. The van der Waals surface area contributed by atoms with Gasteiger partial charge in [-0.2, -0.15) is 0 Å².